The first-order valence-corrected chi connectivity index (χ1v) is 7.45. The van der Waals surface area contributed by atoms with Gasteiger partial charge in [0.25, 0.3) is 0 Å². The maximum absolute atomic E-state index is 5.53. The number of ether oxygens (including phenoxy) is 1. The predicted molar refractivity (Wildman–Crippen MR) is 80.8 cm³/mol. The molecule has 2 heteroatoms. The molecule has 0 unspecified atom stereocenters. The second-order valence-electron chi connectivity index (χ2n) is 6.54. The lowest BCUT2D eigenvalue weighted by Crippen LogP contribution is -2.52. The molecule has 1 aliphatic rings. The van der Waals surface area contributed by atoms with E-state index >= 15 is 0 Å². The van der Waals surface area contributed by atoms with E-state index in [0.29, 0.717) is 10.8 Å². The molecule has 0 aromatic heterocycles. The molecule has 0 amide bonds. The Morgan fingerprint density at radius 1 is 1.11 bits per heavy atom. The summed E-state index contributed by atoms with van der Waals surface area (Å²) in [5.74, 6) is 0.975. The molecule has 19 heavy (non-hydrogen) atoms. The van der Waals surface area contributed by atoms with Gasteiger partial charge in [0.15, 0.2) is 0 Å². The number of likely N-dealkylation sites (N-methyl/N-ethyl adjacent to an activating group) is 1. The van der Waals surface area contributed by atoms with Crippen LogP contribution in [0.5, 0.6) is 5.75 Å². The Balaban J connectivity index is 2.15. The summed E-state index contributed by atoms with van der Waals surface area (Å²) in [5, 5.41) is 3.54. The molecular weight excluding hydrogens is 234 g/mol. The second-order valence-corrected chi connectivity index (χ2v) is 6.54. The summed E-state index contributed by atoms with van der Waals surface area (Å²) in [6.07, 6.45) is 2.53. The highest BCUT2D eigenvalue weighted by molar-refractivity contribution is 5.35. The third-order valence-corrected chi connectivity index (χ3v) is 4.12. The van der Waals surface area contributed by atoms with Gasteiger partial charge in [-0.2, -0.15) is 0 Å². The van der Waals surface area contributed by atoms with E-state index in [2.05, 4.69) is 50.4 Å². The lowest BCUT2D eigenvalue weighted by atomic mass is 9.52. The molecule has 1 N–H and O–H groups in total. The Morgan fingerprint density at radius 2 is 1.74 bits per heavy atom. The number of benzene rings is 1. The quantitative estimate of drug-likeness (QED) is 0.842. The first-order chi connectivity index (χ1) is 9.01. The molecule has 106 valence electrons. The standard InChI is InChI=1S/C17H27NO/c1-5-18-13-17(11-16(3,4)12-17)14-7-9-15(10-8-14)19-6-2/h7-10,18H,5-6,11-13H2,1-4H3. The molecule has 2 rings (SSSR count). The van der Waals surface area contributed by atoms with Crippen LogP contribution in [0.4, 0.5) is 0 Å². The van der Waals surface area contributed by atoms with Crippen LogP contribution >= 0.6 is 0 Å². The minimum atomic E-state index is 0.324. The minimum absolute atomic E-state index is 0.324. The van der Waals surface area contributed by atoms with Crippen LogP contribution in [0, 0.1) is 5.41 Å². The Kier molecular flexibility index (Phi) is 4.19. The average molecular weight is 261 g/mol. The average Bonchev–Trinajstić information content (AvgIpc) is 2.35. The summed E-state index contributed by atoms with van der Waals surface area (Å²) < 4.78 is 5.53. The van der Waals surface area contributed by atoms with Crippen molar-refractivity contribution in [3.63, 3.8) is 0 Å². The molecule has 0 spiro atoms. The van der Waals surface area contributed by atoms with Crippen LogP contribution in [0.1, 0.15) is 46.1 Å². The van der Waals surface area contributed by atoms with Crippen LogP contribution in [0.2, 0.25) is 0 Å². The number of rotatable bonds is 6. The molecule has 0 saturated heterocycles. The Labute approximate surface area is 117 Å². The summed E-state index contributed by atoms with van der Waals surface area (Å²) in [5.41, 5.74) is 2.26. The second kappa shape index (κ2) is 5.54. The summed E-state index contributed by atoms with van der Waals surface area (Å²) in [7, 11) is 0. The molecule has 1 aromatic rings. The zero-order chi connectivity index (χ0) is 13.9. The van der Waals surface area contributed by atoms with Gasteiger partial charge in [-0.3, -0.25) is 0 Å². The van der Waals surface area contributed by atoms with E-state index in [-0.39, 0.29) is 0 Å². The van der Waals surface area contributed by atoms with Gasteiger partial charge in [-0.15, -0.1) is 0 Å². The highest BCUT2D eigenvalue weighted by Gasteiger charge is 2.49. The topological polar surface area (TPSA) is 21.3 Å². The molecule has 1 aliphatic carbocycles. The number of hydrogen-bond acceptors (Lipinski definition) is 2. The van der Waals surface area contributed by atoms with Gasteiger partial charge in [0, 0.05) is 12.0 Å². The smallest absolute Gasteiger partial charge is 0.119 e. The molecule has 0 bridgehead atoms. The van der Waals surface area contributed by atoms with Crippen molar-refractivity contribution in [2.75, 3.05) is 19.7 Å². The molecular formula is C17H27NO. The van der Waals surface area contributed by atoms with Crippen LogP contribution < -0.4 is 10.1 Å². The molecule has 1 saturated carbocycles. The van der Waals surface area contributed by atoms with Crippen molar-refractivity contribution in [3.8, 4) is 5.75 Å². The van der Waals surface area contributed by atoms with E-state index in [4.69, 9.17) is 4.74 Å². The van der Waals surface area contributed by atoms with Gasteiger partial charge in [0.2, 0.25) is 0 Å². The fourth-order valence-electron chi connectivity index (χ4n) is 3.65. The van der Waals surface area contributed by atoms with Crippen LogP contribution in [-0.4, -0.2) is 19.7 Å². The maximum atomic E-state index is 5.53. The molecule has 0 heterocycles. The SMILES string of the molecule is CCNCC1(c2ccc(OCC)cc2)CC(C)(C)C1. The fraction of sp³-hybridized carbons (Fsp3) is 0.647. The van der Waals surface area contributed by atoms with Crippen molar-refractivity contribution < 1.29 is 4.74 Å². The predicted octanol–water partition coefficient (Wildman–Crippen LogP) is 3.75. The highest BCUT2D eigenvalue weighted by atomic mass is 16.5. The van der Waals surface area contributed by atoms with Crippen molar-refractivity contribution in [1.82, 2.24) is 5.32 Å². The van der Waals surface area contributed by atoms with Gasteiger partial charge in [-0.25, -0.2) is 0 Å². The molecule has 0 atom stereocenters. The molecule has 1 aromatic carbocycles. The monoisotopic (exact) mass is 261 g/mol. The van der Waals surface area contributed by atoms with Crippen LogP contribution in [0.15, 0.2) is 24.3 Å². The van der Waals surface area contributed by atoms with E-state index in [9.17, 15) is 0 Å². The van der Waals surface area contributed by atoms with Crippen molar-refractivity contribution in [2.45, 2.75) is 46.0 Å². The van der Waals surface area contributed by atoms with Gasteiger partial charge in [-0.1, -0.05) is 32.9 Å². The largest absolute Gasteiger partial charge is 0.494 e. The van der Waals surface area contributed by atoms with Crippen molar-refractivity contribution >= 4 is 0 Å². The Morgan fingerprint density at radius 3 is 2.21 bits per heavy atom. The summed E-state index contributed by atoms with van der Waals surface area (Å²) >= 11 is 0. The van der Waals surface area contributed by atoms with Gasteiger partial charge < -0.3 is 10.1 Å². The zero-order valence-electron chi connectivity index (χ0n) is 12.8. The first kappa shape index (κ1) is 14.4. The first-order valence-electron chi connectivity index (χ1n) is 7.45. The van der Waals surface area contributed by atoms with Gasteiger partial charge >= 0.3 is 0 Å². The van der Waals surface area contributed by atoms with E-state index < -0.39 is 0 Å². The summed E-state index contributed by atoms with van der Waals surface area (Å²) in [6, 6.07) is 8.71. The Bertz CT molecular complexity index is 400. The fourth-order valence-corrected chi connectivity index (χ4v) is 3.65. The van der Waals surface area contributed by atoms with Crippen molar-refractivity contribution in [3.05, 3.63) is 29.8 Å². The summed E-state index contributed by atoms with van der Waals surface area (Å²) in [6.45, 7) is 11.8. The van der Waals surface area contributed by atoms with Crippen molar-refractivity contribution in [1.29, 1.82) is 0 Å². The third-order valence-electron chi connectivity index (χ3n) is 4.12. The van der Waals surface area contributed by atoms with Crippen LogP contribution in [0.25, 0.3) is 0 Å². The van der Waals surface area contributed by atoms with Crippen LogP contribution in [-0.2, 0) is 5.41 Å². The lowest BCUT2D eigenvalue weighted by Gasteiger charge is -2.54. The normalized spacial score (nSPS) is 19.8. The number of nitrogens with one attached hydrogen (secondary N) is 1. The molecule has 0 radical (unpaired) electrons. The van der Waals surface area contributed by atoms with E-state index in [1.165, 1.54) is 18.4 Å². The van der Waals surface area contributed by atoms with Crippen LogP contribution in [0.3, 0.4) is 0 Å². The maximum Gasteiger partial charge on any atom is 0.119 e. The van der Waals surface area contributed by atoms with E-state index in [1.54, 1.807) is 0 Å². The van der Waals surface area contributed by atoms with Crippen molar-refractivity contribution in [2.24, 2.45) is 5.41 Å². The summed E-state index contributed by atoms with van der Waals surface area (Å²) in [4.78, 5) is 0. The minimum Gasteiger partial charge on any atom is -0.494 e. The third kappa shape index (κ3) is 3.11. The highest BCUT2D eigenvalue weighted by Crippen LogP contribution is 2.55. The van der Waals surface area contributed by atoms with E-state index in [1.807, 2.05) is 6.92 Å². The molecule has 2 nitrogen and oxygen atoms in total. The zero-order valence-corrected chi connectivity index (χ0v) is 12.8. The van der Waals surface area contributed by atoms with E-state index in [0.717, 1.165) is 25.4 Å². The lowest BCUT2D eigenvalue weighted by molar-refractivity contribution is 0.0567. The molecule has 1 fully saturated rings. The van der Waals surface area contributed by atoms with Gasteiger partial charge in [0.05, 0.1) is 6.61 Å². The van der Waals surface area contributed by atoms with Gasteiger partial charge in [-0.05, 0) is 49.4 Å². The molecule has 0 aliphatic heterocycles. The Hall–Kier alpha value is -1.02. The van der Waals surface area contributed by atoms with Gasteiger partial charge in [0.1, 0.15) is 5.75 Å². The number of hydrogen-bond donors (Lipinski definition) is 1.